The normalized spacial score (nSPS) is 13.1. The maximum absolute atomic E-state index is 5.32. The minimum Gasteiger partial charge on any atom is -0.153 e. The summed E-state index contributed by atoms with van der Waals surface area (Å²) in [6.07, 6.45) is 0. The van der Waals surface area contributed by atoms with Crippen LogP contribution in [-0.4, -0.2) is 25.8 Å². The van der Waals surface area contributed by atoms with E-state index in [2.05, 4.69) is 10.3 Å². The summed E-state index contributed by atoms with van der Waals surface area (Å²) in [6.45, 7) is 0. The molecule has 0 aromatic heterocycles. The van der Waals surface area contributed by atoms with E-state index in [1.165, 1.54) is 0 Å². The molecule has 0 amide bonds. The Bertz CT molecular complexity index is 69.5. The largest absolute Gasteiger partial charge is 0.153 e. The van der Waals surface area contributed by atoms with E-state index in [1.54, 1.807) is 21.1 Å². The zero-order valence-electron chi connectivity index (χ0n) is 4.92. The molecule has 0 unspecified atom stereocenters. The third-order valence-electron chi connectivity index (χ3n) is 0.320. The fraction of sp³-hybridized carbons (Fsp3) is 1.00. The van der Waals surface area contributed by atoms with Crippen molar-refractivity contribution in [2.75, 3.05) is 21.1 Å². The Labute approximate surface area is 43.2 Å². The molecular formula is C3H11N4+. The molecule has 0 fully saturated rings. The molecule has 42 valence electrons. The van der Waals surface area contributed by atoms with Crippen LogP contribution in [0.15, 0.2) is 10.3 Å². The van der Waals surface area contributed by atoms with E-state index in [4.69, 9.17) is 5.84 Å². The van der Waals surface area contributed by atoms with Crippen LogP contribution in [0.4, 0.5) is 0 Å². The Kier molecular flexibility index (Phi) is 1.86. The monoisotopic (exact) mass is 103 g/mol. The summed E-state index contributed by atoms with van der Waals surface area (Å²) in [6, 6.07) is 0. The molecule has 0 aliphatic heterocycles. The Hall–Kier alpha value is -0.480. The van der Waals surface area contributed by atoms with Crippen LogP contribution in [-0.2, 0) is 0 Å². The van der Waals surface area contributed by atoms with Crippen molar-refractivity contribution in [1.82, 2.24) is 0 Å². The van der Waals surface area contributed by atoms with E-state index in [1.807, 2.05) is 0 Å². The van der Waals surface area contributed by atoms with Gasteiger partial charge in [0.05, 0.1) is 7.05 Å². The van der Waals surface area contributed by atoms with Crippen LogP contribution in [0, 0.1) is 0 Å². The van der Waals surface area contributed by atoms with Crippen LogP contribution in [0.5, 0.6) is 0 Å². The van der Waals surface area contributed by atoms with E-state index in [-0.39, 0.29) is 4.70 Å². The molecule has 4 heteroatoms. The first kappa shape index (κ1) is 6.52. The van der Waals surface area contributed by atoms with Gasteiger partial charge in [0.25, 0.3) is 0 Å². The topological polar surface area (TPSA) is 50.7 Å². The predicted molar refractivity (Wildman–Crippen MR) is 27.1 cm³/mol. The number of nitrogens with two attached hydrogens (primary N) is 1. The lowest BCUT2D eigenvalue weighted by molar-refractivity contribution is -0.914. The number of nitrogens with zero attached hydrogens (tertiary/aromatic N) is 3. The lowest BCUT2D eigenvalue weighted by atomic mass is 11.1. The van der Waals surface area contributed by atoms with Gasteiger partial charge in [-0.2, -0.15) is 5.84 Å². The van der Waals surface area contributed by atoms with Crippen molar-refractivity contribution >= 4 is 0 Å². The molecule has 2 N–H and O–H groups in total. The van der Waals surface area contributed by atoms with Crippen molar-refractivity contribution in [3.63, 3.8) is 0 Å². The van der Waals surface area contributed by atoms with E-state index < -0.39 is 0 Å². The number of rotatable bonds is 1. The number of hydrogen-bond acceptors (Lipinski definition) is 3. The fourth-order valence-electron chi connectivity index (χ4n) is 0.231. The Morgan fingerprint density at radius 1 is 1.43 bits per heavy atom. The highest BCUT2D eigenvalue weighted by Gasteiger charge is 2.01. The molecular weight excluding hydrogens is 92.1 g/mol. The molecule has 0 saturated heterocycles. The van der Waals surface area contributed by atoms with Gasteiger partial charge in [-0.05, 0) is 0 Å². The highest BCUT2D eigenvalue weighted by atomic mass is 15.8. The lowest BCUT2D eigenvalue weighted by Gasteiger charge is -2.09. The molecule has 0 aliphatic carbocycles. The molecule has 0 spiro atoms. The van der Waals surface area contributed by atoms with Gasteiger partial charge in [0.1, 0.15) is 14.1 Å². The molecule has 4 nitrogen and oxygen atoms in total. The van der Waals surface area contributed by atoms with Gasteiger partial charge in [-0.25, -0.2) is 0 Å². The summed E-state index contributed by atoms with van der Waals surface area (Å²) >= 11 is 0. The molecule has 0 atom stereocenters. The zero-order valence-corrected chi connectivity index (χ0v) is 4.92. The van der Waals surface area contributed by atoms with Crippen molar-refractivity contribution in [3.8, 4) is 0 Å². The maximum Gasteiger partial charge on any atom is 0.113 e. The second-order valence-electron chi connectivity index (χ2n) is 1.77. The van der Waals surface area contributed by atoms with Crippen molar-refractivity contribution in [2.24, 2.45) is 16.2 Å². The highest BCUT2D eigenvalue weighted by Crippen LogP contribution is 1.83. The summed E-state index contributed by atoms with van der Waals surface area (Å²) in [5.74, 6) is 5.32. The van der Waals surface area contributed by atoms with Crippen molar-refractivity contribution < 1.29 is 4.70 Å². The fourth-order valence-corrected chi connectivity index (χ4v) is 0.231. The highest BCUT2D eigenvalue weighted by molar-refractivity contribution is 3.93. The van der Waals surface area contributed by atoms with Crippen LogP contribution < -0.4 is 5.84 Å². The van der Waals surface area contributed by atoms with Crippen LogP contribution in [0.25, 0.3) is 0 Å². The van der Waals surface area contributed by atoms with E-state index in [0.717, 1.165) is 0 Å². The van der Waals surface area contributed by atoms with Gasteiger partial charge in [0.2, 0.25) is 0 Å². The van der Waals surface area contributed by atoms with Crippen molar-refractivity contribution in [3.05, 3.63) is 0 Å². The summed E-state index contributed by atoms with van der Waals surface area (Å²) in [5.41, 5.74) is 0. The molecule has 0 saturated carbocycles. The third kappa shape index (κ3) is 5.52. The van der Waals surface area contributed by atoms with Gasteiger partial charge >= 0.3 is 0 Å². The van der Waals surface area contributed by atoms with Gasteiger partial charge in [0.15, 0.2) is 0 Å². The van der Waals surface area contributed by atoms with Crippen molar-refractivity contribution in [2.45, 2.75) is 0 Å². The van der Waals surface area contributed by atoms with Crippen molar-refractivity contribution in [1.29, 1.82) is 0 Å². The number of hydrogen-bond donors (Lipinski definition) is 1. The minimum absolute atomic E-state index is 0.0521. The van der Waals surface area contributed by atoms with Crippen LogP contribution in [0.2, 0.25) is 0 Å². The Morgan fingerprint density at radius 3 is 1.86 bits per heavy atom. The second-order valence-corrected chi connectivity index (χ2v) is 1.77. The first-order chi connectivity index (χ1) is 3.06. The summed E-state index contributed by atoms with van der Waals surface area (Å²) in [4.78, 5) is 0. The van der Waals surface area contributed by atoms with Crippen LogP contribution in [0.3, 0.4) is 0 Å². The van der Waals surface area contributed by atoms with E-state index >= 15 is 0 Å². The summed E-state index contributed by atoms with van der Waals surface area (Å²) in [7, 11) is 5.05. The summed E-state index contributed by atoms with van der Waals surface area (Å²) in [5, 5.41) is 7.08. The quantitative estimate of drug-likeness (QED) is 0.215. The first-order valence-electron chi connectivity index (χ1n) is 2.00. The molecule has 0 aliphatic rings. The average Bonchev–Trinajstić information content (AvgIpc) is 1.30. The third-order valence-corrected chi connectivity index (χ3v) is 0.320. The molecule has 0 heterocycles. The SMILES string of the molecule is CN=N[N+](C)(C)N. The standard InChI is InChI=1S/C3H11N4/c1-5-6-7(2,3)4/h4H2,1-3H3/q+1. The Balaban J connectivity index is 3.56. The minimum atomic E-state index is 0.0521. The van der Waals surface area contributed by atoms with Crippen LogP contribution in [0.1, 0.15) is 0 Å². The lowest BCUT2D eigenvalue weighted by Crippen LogP contribution is -2.40. The van der Waals surface area contributed by atoms with Gasteiger partial charge in [0, 0.05) is 5.22 Å². The molecule has 0 aromatic carbocycles. The number of quaternary nitrogens is 1. The predicted octanol–water partition coefficient (Wildman–Crippen LogP) is -0.0665. The molecule has 0 rings (SSSR count). The van der Waals surface area contributed by atoms with Gasteiger partial charge in [-0.3, -0.25) is 0 Å². The Morgan fingerprint density at radius 2 is 1.86 bits per heavy atom. The van der Waals surface area contributed by atoms with Gasteiger partial charge in [-0.15, -0.1) is 9.82 Å². The van der Waals surface area contributed by atoms with E-state index in [0.29, 0.717) is 0 Å². The molecule has 0 bridgehead atoms. The molecule has 0 aromatic rings. The van der Waals surface area contributed by atoms with Gasteiger partial charge < -0.3 is 0 Å². The smallest absolute Gasteiger partial charge is 0.113 e. The molecule has 0 radical (unpaired) electrons. The maximum atomic E-state index is 5.32. The average molecular weight is 103 g/mol. The van der Waals surface area contributed by atoms with E-state index in [9.17, 15) is 0 Å². The van der Waals surface area contributed by atoms with Gasteiger partial charge in [-0.1, -0.05) is 0 Å². The molecule has 7 heavy (non-hydrogen) atoms. The zero-order chi connectivity index (χ0) is 5.91. The first-order valence-corrected chi connectivity index (χ1v) is 2.00. The van der Waals surface area contributed by atoms with Crippen LogP contribution >= 0.6 is 0 Å². The second kappa shape index (κ2) is 1.99. The summed E-state index contributed by atoms with van der Waals surface area (Å²) < 4.78 is 0.0521.